The van der Waals surface area contributed by atoms with Crippen LogP contribution in [0.5, 0.6) is 0 Å². The maximum Gasteiger partial charge on any atom is 0.458 e. The average molecular weight is 756 g/mol. The Morgan fingerprint density at radius 1 is 0.902 bits per heavy atom. The number of alkyl halides is 9. The van der Waals surface area contributed by atoms with E-state index in [1.807, 2.05) is 30.5 Å². The first-order chi connectivity index (χ1) is 23.7. The lowest BCUT2D eigenvalue weighted by molar-refractivity contribution is -0.193. The van der Waals surface area contributed by atoms with Gasteiger partial charge in [0.15, 0.2) is 5.82 Å². The van der Waals surface area contributed by atoms with Gasteiger partial charge in [-0.3, -0.25) is 24.2 Å². The van der Waals surface area contributed by atoms with Gasteiger partial charge < -0.3 is 21.3 Å². The van der Waals surface area contributed by atoms with Crippen molar-refractivity contribution in [2.75, 3.05) is 29.0 Å². The molecular weight excluding hydrogens is 729 g/mol. The van der Waals surface area contributed by atoms with E-state index in [1.165, 1.54) is 0 Å². The number of fused-ring (bicyclic) bond motifs is 6. The van der Waals surface area contributed by atoms with Crippen molar-refractivity contribution in [2.24, 2.45) is 5.92 Å². The van der Waals surface area contributed by atoms with Crippen LogP contribution in [0.25, 0.3) is 0 Å². The highest BCUT2D eigenvalue weighted by Crippen LogP contribution is 2.30. The van der Waals surface area contributed by atoms with Gasteiger partial charge in [0.05, 0.1) is 18.1 Å². The lowest BCUT2D eigenvalue weighted by Crippen LogP contribution is -2.39. The number of hydrogen-bond acceptors (Lipinski definition) is 10. The summed E-state index contributed by atoms with van der Waals surface area (Å²) in [5.74, 6) is -5.43. The summed E-state index contributed by atoms with van der Waals surface area (Å²) in [6, 6.07) is 7.94. The Balaban J connectivity index is 0.000000324. The second-order valence-corrected chi connectivity index (χ2v) is 11.3. The van der Waals surface area contributed by atoms with E-state index in [0.29, 0.717) is 29.1 Å². The van der Waals surface area contributed by atoms with Gasteiger partial charge in [0.1, 0.15) is 5.02 Å². The average Bonchev–Trinajstić information content (AvgIpc) is 3.05. The molecule has 0 aliphatic carbocycles. The number of aromatic nitrogens is 3. The smallest absolute Gasteiger partial charge is 0.339 e. The van der Waals surface area contributed by atoms with Crippen LogP contribution in [0.1, 0.15) is 30.4 Å². The monoisotopic (exact) mass is 755 g/mol. The Morgan fingerprint density at radius 2 is 1.57 bits per heavy atom. The number of anilines is 5. The molecule has 5 rings (SSSR count). The first-order valence-electron chi connectivity index (χ1n) is 14.6. The second-order valence-electron chi connectivity index (χ2n) is 10.9. The van der Waals surface area contributed by atoms with E-state index in [2.05, 4.69) is 36.2 Å². The molecule has 4 heterocycles. The third kappa shape index (κ3) is 13.4. The summed E-state index contributed by atoms with van der Waals surface area (Å²) in [6.45, 7) is 1.95. The minimum Gasteiger partial charge on any atom is -0.339 e. The van der Waals surface area contributed by atoms with Crippen molar-refractivity contribution in [3.05, 3.63) is 59.0 Å². The van der Waals surface area contributed by atoms with Gasteiger partial charge in [-0.25, -0.2) is 4.98 Å². The van der Waals surface area contributed by atoms with E-state index in [9.17, 15) is 53.9 Å². The van der Waals surface area contributed by atoms with Crippen molar-refractivity contribution in [3.63, 3.8) is 0 Å². The molecule has 6 bridgehead atoms. The number of hydrogen-bond donors (Lipinski definition) is 4. The molecular formula is C30H27ClF9N7O4. The summed E-state index contributed by atoms with van der Waals surface area (Å²) in [7, 11) is 0. The standard InChI is InChI=1S/C24H26ClN7O.C4F6O2.C2HF3O/c25-20-14-28-24-30-19-8-16(12-27-13-19)3-4-17-10-18(29-23(20)32-24)5-6-21(17)31-22(33)9-15-2-1-7-26-11-15;5-3(6,7)1(11)2(12)4(8,9)10;3-2(4,5)1-6/h5-6,8,10,12-15,26H,1-4,7,9,11H2,(H,31,33)(H2,28,29,30,32);;1H/t15-;;/m0../s1. The molecule has 1 fully saturated rings. The van der Waals surface area contributed by atoms with E-state index < -0.39 is 36.4 Å². The largest absolute Gasteiger partial charge is 0.458 e. The fourth-order valence-electron chi connectivity index (χ4n) is 4.57. The molecule has 2 aromatic heterocycles. The van der Waals surface area contributed by atoms with Crippen LogP contribution >= 0.6 is 11.6 Å². The Hall–Kier alpha value is -4.85. The number of aldehydes is 1. The summed E-state index contributed by atoms with van der Waals surface area (Å²) in [5.41, 5.74) is 4.60. The molecule has 2 aliphatic heterocycles. The number of nitrogens with zero attached hydrogens (tertiary/aromatic N) is 3. The van der Waals surface area contributed by atoms with Gasteiger partial charge in [-0.2, -0.15) is 44.5 Å². The number of ketones is 2. The van der Waals surface area contributed by atoms with Crippen LogP contribution < -0.4 is 21.3 Å². The van der Waals surface area contributed by atoms with Crippen LogP contribution in [-0.2, 0) is 32.0 Å². The summed E-state index contributed by atoms with van der Waals surface area (Å²) in [5, 5.41) is 13.4. The molecule has 21 heteroatoms. The van der Waals surface area contributed by atoms with Crippen molar-refractivity contribution in [1.82, 2.24) is 20.3 Å². The minimum atomic E-state index is -5.77. The van der Waals surface area contributed by atoms with Crippen LogP contribution in [0.2, 0.25) is 5.02 Å². The zero-order chi connectivity index (χ0) is 38.0. The lowest BCUT2D eigenvalue weighted by atomic mass is 9.95. The number of benzene rings is 1. The van der Waals surface area contributed by atoms with Crippen LogP contribution in [0, 0.1) is 5.92 Å². The van der Waals surface area contributed by atoms with Gasteiger partial charge in [0.25, 0.3) is 0 Å². The Labute approximate surface area is 287 Å². The van der Waals surface area contributed by atoms with Crippen molar-refractivity contribution in [2.45, 2.75) is 50.6 Å². The Kier molecular flexibility index (Phi) is 13.8. The first kappa shape index (κ1) is 40.6. The molecule has 1 amide bonds. The van der Waals surface area contributed by atoms with Crippen molar-refractivity contribution in [3.8, 4) is 0 Å². The fraction of sp³-hybridized carbons (Fsp3) is 0.367. The summed E-state index contributed by atoms with van der Waals surface area (Å²) >= 11 is 6.34. The molecule has 276 valence electrons. The molecule has 0 spiro atoms. The zero-order valence-corrected chi connectivity index (χ0v) is 26.7. The van der Waals surface area contributed by atoms with E-state index in [0.717, 1.165) is 67.0 Å². The van der Waals surface area contributed by atoms with Gasteiger partial charge in [0, 0.05) is 24.0 Å². The highest BCUT2D eigenvalue weighted by atomic mass is 35.5. The summed E-state index contributed by atoms with van der Waals surface area (Å²) in [6.07, 6.45) is -7.82. The normalized spacial score (nSPS) is 15.6. The Morgan fingerprint density at radius 3 is 2.16 bits per heavy atom. The van der Waals surface area contributed by atoms with Crippen molar-refractivity contribution < 1.29 is 58.7 Å². The number of carbonyl (C=O) groups excluding carboxylic acids is 4. The van der Waals surface area contributed by atoms with Gasteiger partial charge in [-0.05, 0) is 80.1 Å². The molecule has 4 N–H and O–H groups in total. The van der Waals surface area contributed by atoms with Crippen LogP contribution in [0.3, 0.4) is 0 Å². The predicted octanol–water partition coefficient (Wildman–Crippen LogP) is 6.44. The van der Waals surface area contributed by atoms with Crippen LogP contribution in [-0.4, -0.2) is 70.3 Å². The fourth-order valence-corrected chi connectivity index (χ4v) is 4.71. The molecule has 0 saturated carbocycles. The predicted molar refractivity (Wildman–Crippen MR) is 165 cm³/mol. The number of aryl methyl sites for hydroxylation is 2. The van der Waals surface area contributed by atoms with Crippen LogP contribution in [0.15, 0.2) is 42.9 Å². The molecule has 51 heavy (non-hydrogen) atoms. The van der Waals surface area contributed by atoms with E-state index in [4.69, 9.17) is 16.4 Å². The van der Waals surface area contributed by atoms with Crippen molar-refractivity contribution >= 4 is 64.2 Å². The third-order valence-corrected chi connectivity index (χ3v) is 7.12. The third-order valence-electron chi connectivity index (χ3n) is 6.85. The second kappa shape index (κ2) is 17.4. The highest BCUT2D eigenvalue weighted by molar-refractivity contribution is 6.41. The Bertz CT molecular complexity index is 1690. The molecule has 0 radical (unpaired) electrons. The topological polar surface area (TPSA) is 155 Å². The number of Topliss-reactive ketones (excluding diaryl/α,β-unsaturated/α-hetero) is 2. The molecule has 1 aromatic carbocycles. The van der Waals surface area contributed by atoms with Gasteiger partial charge in [0.2, 0.25) is 18.1 Å². The summed E-state index contributed by atoms with van der Waals surface area (Å²) < 4.78 is 98.2. The van der Waals surface area contributed by atoms with Crippen LogP contribution in [0.4, 0.5) is 68.3 Å². The maximum absolute atomic E-state index is 12.8. The maximum atomic E-state index is 12.8. The number of nitrogens with one attached hydrogen (secondary N) is 4. The lowest BCUT2D eigenvalue weighted by Gasteiger charge is -2.22. The van der Waals surface area contributed by atoms with E-state index in [-0.39, 0.29) is 5.91 Å². The first-order valence-corrected chi connectivity index (χ1v) is 15.0. The van der Waals surface area contributed by atoms with Gasteiger partial charge in [-0.1, -0.05) is 11.6 Å². The van der Waals surface area contributed by atoms with Gasteiger partial charge in [-0.15, -0.1) is 0 Å². The van der Waals surface area contributed by atoms with E-state index >= 15 is 0 Å². The number of rotatable bonds is 4. The highest BCUT2D eigenvalue weighted by Gasteiger charge is 2.54. The molecule has 2 aliphatic rings. The SMILES string of the molecule is O=C(C(=O)C(F)(F)F)C(F)(F)F.O=C(C[C@@H]1CCCNC1)Nc1ccc2cc1CCc1cncc(c1)Nc1ncc(Cl)c(n1)N2.O=CC(F)(F)F. The van der Waals surface area contributed by atoms with Crippen molar-refractivity contribution in [1.29, 1.82) is 0 Å². The molecule has 1 saturated heterocycles. The number of carbonyl (C=O) groups is 4. The quantitative estimate of drug-likeness (QED) is 0.133. The number of pyridine rings is 1. The van der Waals surface area contributed by atoms with E-state index in [1.54, 1.807) is 12.4 Å². The molecule has 0 unspecified atom stereocenters. The number of piperidine rings is 1. The summed E-state index contributed by atoms with van der Waals surface area (Å²) in [4.78, 5) is 53.8. The molecule has 3 aromatic rings. The zero-order valence-electron chi connectivity index (χ0n) is 25.9. The number of amides is 1. The molecule has 11 nitrogen and oxygen atoms in total. The van der Waals surface area contributed by atoms with Gasteiger partial charge >= 0.3 is 30.1 Å². The molecule has 1 atom stereocenters. The minimum absolute atomic E-state index is 0.0555. The number of halogens is 10.